The molecule has 0 radical (unpaired) electrons. The number of thioether (sulfide) groups is 1. The summed E-state index contributed by atoms with van der Waals surface area (Å²) >= 11 is 7.37. The number of amides is 2. The van der Waals surface area contributed by atoms with Crippen molar-refractivity contribution in [3.05, 3.63) is 70.5 Å². The first-order valence-electron chi connectivity index (χ1n) is 10.6. The van der Waals surface area contributed by atoms with Crippen LogP contribution in [0.25, 0.3) is 0 Å². The number of nitrogens with zero attached hydrogens (tertiary/aromatic N) is 1. The van der Waals surface area contributed by atoms with Crippen molar-refractivity contribution < 1.29 is 14.0 Å². The van der Waals surface area contributed by atoms with E-state index in [2.05, 4.69) is 12.2 Å². The van der Waals surface area contributed by atoms with Gasteiger partial charge in [-0.1, -0.05) is 61.3 Å². The second kappa shape index (κ2) is 13.4. The van der Waals surface area contributed by atoms with Gasteiger partial charge in [-0.3, -0.25) is 9.59 Å². The molecule has 1 atom stereocenters. The molecule has 0 saturated heterocycles. The first-order valence-corrected chi connectivity index (χ1v) is 12.1. The predicted octanol–water partition coefficient (Wildman–Crippen LogP) is 5.09. The Labute approximate surface area is 193 Å². The Morgan fingerprint density at radius 1 is 1.16 bits per heavy atom. The molecular weight excluding hydrogens is 435 g/mol. The fraction of sp³-hybridized carbons (Fsp3) is 0.417. The normalized spacial score (nSPS) is 11.7. The van der Waals surface area contributed by atoms with Crippen LogP contribution in [0.4, 0.5) is 4.39 Å². The minimum atomic E-state index is -0.578. The van der Waals surface area contributed by atoms with Crippen molar-refractivity contribution in [3.63, 3.8) is 0 Å². The zero-order chi connectivity index (χ0) is 22.6. The van der Waals surface area contributed by atoms with Crippen LogP contribution in [-0.2, 0) is 21.8 Å². The summed E-state index contributed by atoms with van der Waals surface area (Å²) in [6, 6.07) is 13.8. The molecule has 7 heteroatoms. The van der Waals surface area contributed by atoms with Crippen molar-refractivity contribution >= 4 is 35.2 Å². The molecule has 2 aromatic carbocycles. The summed E-state index contributed by atoms with van der Waals surface area (Å²) < 4.78 is 14.0. The monoisotopic (exact) mass is 464 g/mol. The maximum Gasteiger partial charge on any atom is 0.242 e. The van der Waals surface area contributed by atoms with Crippen LogP contribution in [0, 0.1) is 5.82 Å². The standard InChI is InChI=1S/C24H30ClFN2O2S/c1-3-4-14-27-24(30)18(2)28(15-13-19-9-6-5-7-10-19)23(29)17-31-16-20-21(25)11-8-12-22(20)26/h5-12,18H,3-4,13-17H2,1-2H3,(H,27,30). The van der Waals surface area contributed by atoms with E-state index < -0.39 is 6.04 Å². The molecule has 4 nitrogen and oxygen atoms in total. The lowest BCUT2D eigenvalue weighted by Gasteiger charge is -2.28. The van der Waals surface area contributed by atoms with Crippen LogP contribution >= 0.6 is 23.4 Å². The Morgan fingerprint density at radius 3 is 2.58 bits per heavy atom. The lowest BCUT2D eigenvalue weighted by Crippen LogP contribution is -2.49. The average molecular weight is 465 g/mol. The average Bonchev–Trinajstić information content (AvgIpc) is 2.76. The molecule has 2 amide bonds. The van der Waals surface area contributed by atoms with Gasteiger partial charge in [-0.25, -0.2) is 4.39 Å². The van der Waals surface area contributed by atoms with E-state index in [1.807, 2.05) is 30.3 Å². The van der Waals surface area contributed by atoms with Crippen molar-refractivity contribution in [3.8, 4) is 0 Å². The van der Waals surface area contributed by atoms with Gasteiger partial charge in [0, 0.05) is 29.4 Å². The number of carbonyl (C=O) groups is 2. The second-order valence-electron chi connectivity index (χ2n) is 7.34. The van der Waals surface area contributed by atoms with E-state index in [1.165, 1.54) is 17.8 Å². The van der Waals surface area contributed by atoms with Gasteiger partial charge in [0.2, 0.25) is 11.8 Å². The Kier molecular flexibility index (Phi) is 10.9. The molecule has 0 aliphatic rings. The zero-order valence-electron chi connectivity index (χ0n) is 18.1. The molecule has 0 heterocycles. The molecule has 1 unspecified atom stereocenters. The van der Waals surface area contributed by atoms with Crippen molar-refractivity contribution in [2.45, 2.75) is 44.9 Å². The Balaban J connectivity index is 2.01. The number of halogens is 2. The minimum absolute atomic E-state index is 0.145. The number of carbonyl (C=O) groups excluding carboxylic acids is 2. The molecule has 168 valence electrons. The van der Waals surface area contributed by atoms with Gasteiger partial charge >= 0.3 is 0 Å². The van der Waals surface area contributed by atoms with E-state index in [9.17, 15) is 14.0 Å². The Hall–Kier alpha value is -2.05. The number of hydrogen-bond donors (Lipinski definition) is 1. The highest BCUT2D eigenvalue weighted by Crippen LogP contribution is 2.24. The van der Waals surface area contributed by atoms with Crippen molar-refractivity contribution in [2.75, 3.05) is 18.8 Å². The van der Waals surface area contributed by atoms with Crippen LogP contribution < -0.4 is 5.32 Å². The molecule has 2 aromatic rings. The fourth-order valence-corrected chi connectivity index (χ4v) is 4.35. The summed E-state index contributed by atoms with van der Waals surface area (Å²) in [6.07, 6.45) is 2.54. The molecule has 0 aliphatic carbocycles. The lowest BCUT2D eigenvalue weighted by molar-refractivity contribution is -0.137. The molecule has 0 aromatic heterocycles. The smallest absolute Gasteiger partial charge is 0.242 e. The zero-order valence-corrected chi connectivity index (χ0v) is 19.6. The Bertz CT molecular complexity index is 830. The molecule has 2 rings (SSSR count). The van der Waals surface area contributed by atoms with Crippen LogP contribution in [0.3, 0.4) is 0 Å². The van der Waals surface area contributed by atoms with Gasteiger partial charge in [0.25, 0.3) is 0 Å². The number of benzene rings is 2. The van der Waals surface area contributed by atoms with Crippen molar-refractivity contribution in [1.29, 1.82) is 0 Å². The van der Waals surface area contributed by atoms with E-state index in [-0.39, 0.29) is 23.4 Å². The SMILES string of the molecule is CCCCNC(=O)C(C)N(CCc1ccccc1)C(=O)CSCc1c(F)cccc1Cl. The topological polar surface area (TPSA) is 49.4 Å². The van der Waals surface area contributed by atoms with Crippen molar-refractivity contribution in [2.24, 2.45) is 0 Å². The molecular formula is C24H30ClFN2O2S. The lowest BCUT2D eigenvalue weighted by atomic mass is 10.1. The molecule has 0 fully saturated rings. The van der Waals surface area contributed by atoms with Crippen LogP contribution in [-0.4, -0.2) is 41.6 Å². The first-order chi connectivity index (χ1) is 14.9. The number of hydrogen-bond acceptors (Lipinski definition) is 3. The van der Waals surface area contributed by atoms with E-state index in [4.69, 9.17) is 11.6 Å². The third-order valence-electron chi connectivity index (χ3n) is 5.01. The molecule has 0 saturated carbocycles. The molecule has 31 heavy (non-hydrogen) atoms. The van der Waals surface area contributed by atoms with Gasteiger partial charge in [-0.05, 0) is 37.5 Å². The molecule has 0 bridgehead atoms. The van der Waals surface area contributed by atoms with Crippen LogP contribution in [0.15, 0.2) is 48.5 Å². The quantitative estimate of drug-likeness (QED) is 0.445. The summed E-state index contributed by atoms with van der Waals surface area (Å²) in [7, 11) is 0. The van der Waals surface area contributed by atoms with Crippen LogP contribution in [0.2, 0.25) is 5.02 Å². The summed E-state index contributed by atoms with van der Waals surface area (Å²) in [5, 5.41) is 3.26. The van der Waals surface area contributed by atoms with Gasteiger partial charge in [-0.2, -0.15) is 0 Å². The first kappa shape index (κ1) is 25.2. The highest BCUT2D eigenvalue weighted by Gasteiger charge is 2.25. The number of nitrogens with one attached hydrogen (secondary N) is 1. The molecule has 0 spiro atoms. The van der Waals surface area contributed by atoms with E-state index in [1.54, 1.807) is 24.0 Å². The van der Waals surface area contributed by atoms with E-state index >= 15 is 0 Å². The van der Waals surface area contributed by atoms with Gasteiger partial charge < -0.3 is 10.2 Å². The van der Waals surface area contributed by atoms with Gasteiger partial charge in [-0.15, -0.1) is 11.8 Å². The van der Waals surface area contributed by atoms with Crippen molar-refractivity contribution in [1.82, 2.24) is 10.2 Å². The summed E-state index contributed by atoms with van der Waals surface area (Å²) in [5.41, 5.74) is 1.49. The highest BCUT2D eigenvalue weighted by atomic mass is 35.5. The van der Waals surface area contributed by atoms with Crippen LogP contribution in [0.5, 0.6) is 0 Å². The summed E-state index contributed by atoms with van der Waals surface area (Å²) in [5.74, 6) is -0.243. The highest BCUT2D eigenvalue weighted by molar-refractivity contribution is 7.99. The third kappa shape index (κ3) is 8.19. The second-order valence-corrected chi connectivity index (χ2v) is 8.73. The van der Waals surface area contributed by atoms with Crippen LogP contribution in [0.1, 0.15) is 37.8 Å². The van der Waals surface area contributed by atoms with E-state index in [0.29, 0.717) is 35.8 Å². The minimum Gasteiger partial charge on any atom is -0.354 e. The van der Waals surface area contributed by atoms with E-state index in [0.717, 1.165) is 18.4 Å². The van der Waals surface area contributed by atoms with Gasteiger partial charge in [0.15, 0.2) is 0 Å². The Morgan fingerprint density at radius 2 is 1.90 bits per heavy atom. The number of rotatable bonds is 12. The predicted molar refractivity (Wildman–Crippen MR) is 127 cm³/mol. The summed E-state index contributed by atoms with van der Waals surface area (Å²) in [4.78, 5) is 27.2. The maximum atomic E-state index is 14.0. The third-order valence-corrected chi connectivity index (χ3v) is 6.31. The largest absolute Gasteiger partial charge is 0.354 e. The molecule has 1 N–H and O–H groups in total. The maximum absolute atomic E-state index is 14.0. The molecule has 0 aliphatic heterocycles. The number of unbranched alkanes of at least 4 members (excludes halogenated alkanes) is 1. The van der Waals surface area contributed by atoms with Gasteiger partial charge in [0.05, 0.1) is 5.75 Å². The summed E-state index contributed by atoms with van der Waals surface area (Å²) in [6.45, 7) is 4.85. The van der Waals surface area contributed by atoms with Gasteiger partial charge in [0.1, 0.15) is 11.9 Å². The fourth-order valence-electron chi connectivity index (χ4n) is 3.10.